The maximum Gasteiger partial charge on any atom is 0.111 e. The van der Waals surface area contributed by atoms with Gasteiger partial charge in [-0.2, -0.15) is 0 Å². The van der Waals surface area contributed by atoms with Crippen LogP contribution in [0.2, 0.25) is 0 Å². The van der Waals surface area contributed by atoms with Crippen LogP contribution in [-0.2, 0) is 9.47 Å². The van der Waals surface area contributed by atoms with Gasteiger partial charge in [-0.05, 0) is 43.1 Å². The number of hydrogen-bond acceptors (Lipinski definition) is 2. The minimum absolute atomic E-state index is 0.578. The number of ether oxygens (including phenoxy) is 2. The van der Waals surface area contributed by atoms with Gasteiger partial charge in [0.05, 0.1) is 13.2 Å². The summed E-state index contributed by atoms with van der Waals surface area (Å²) in [5.41, 5.74) is 1.61. The number of fused-ring (bicyclic) bond motifs is 3. The Kier molecular flexibility index (Phi) is 2.47. The maximum absolute atomic E-state index is 5.90. The third-order valence-electron chi connectivity index (χ3n) is 4.01. The highest BCUT2D eigenvalue weighted by atomic mass is 16.5. The Balaban J connectivity index is 1.90. The van der Waals surface area contributed by atoms with Crippen LogP contribution in [0.25, 0.3) is 0 Å². The van der Waals surface area contributed by atoms with E-state index < -0.39 is 0 Å². The van der Waals surface area contributed by atoms with E-state index in [1.54, 1.807) is 5.57 Å². The molecule has 3 rings (SSSR count). The molecule has 1 saturated heterocycles. The van der Waals surface area contributed by atoms with Crippen molar-refractivity contribution in [3.63, 3.8) is 0 Å². The van der Waals surface area contributed by atoms with Gasteiger partial charge in [-0.3, -0.25) is 0 Å². The van der Waals surface area contributed by atoms with E-state index in [1.165, 1.54) is 31.4 Å². The van der Waals surface area contributed by atoms with Gasteiger partial charge in [0.2, 0.25) is 0 Å². The lowest BCUT2D eigenvalue weighted by Crippen LogP contribution is -2.28. The summed E-state index contributed by atoms with van der Waals surface area (Å²) in [6.07, 6.45) is 5.27. The molecular formula is C13H20O2. The van der Waals surface area contributed by atoms with Gasteiger partial charge in [-0.15, -0.1) is 0 Å². The van der Waals surface area contributed by atoms with Gasteiger partial charge >= 0.3 is 0 Å². The van der Waals surface area contributed by atoms with E-state index in [0.717, 1.165) is 31.7 Å². The Hall–Kier alpha value is -0.500. The standard InChI is InChI=1S/C13H20O2/c1-9-4-10-6-11(5-9)13-12(7-10)8-14-2-3-15-13/h9-10,12H,2-8H2,1H3. The predicted molar refractivity (Wildman–Crippen MR) is 58.4 cm³/mol. The molecule has 3 aliphatic rings. The van der Waals surface area contributed by atoms with Crippen molar-refractivity contribution in [2.45, 2.75) is 32.6 Å². The maximum atomic E-state index is 5.90. The SMILES string of the molecule is CC1CC2=C3OCCOCC3CC(C2)C1. The Labute approximate surface area is 91.6 Å². The molecule has 0 radical (unpaired) electrons. The second-order valence-electron chi connectivity index (χ2n) is 5.44. The van der Waals surface area contributed by atoms with Crippen LogP contribution >= 0.6 is 0 Å². The summed E-state index contributed by atoms with van der Waals surface area (Å²) in [6.45, 7) is 4.80. The highest BCUT2D eigenvalue weighted by molar-refractivity contribution is 5.19. The van der Waals surface area contributed by atoms with E-state index in [-0.39, 0.29) is 0 Å². The van der Waals surface area contributed by atoms with Crippen molar-refractivity contribution in [1.29, 1.82) is 0 Å². The molecule has 1 aliphatic heterocycles. The largest absolute Gasteiger partial charge is 0.495 e. The fourth-order valence-electron chi connectivity index (χ4n) is 3.57. The van der Waals surface area contributed by atoms with Crippen LogP contribution < -0.4 is 0 Å². The van der Waals surface area contributed by atoms with Crippen LogP contribution in [-0.4, -0.2) is 19.8 Å². The molecule has 2 aliphatic carbocycles. The lowest BCUT2D eigenvalue weighted by atomic mass is 9.70. The molecule has 0 aromatic heterocycles. The molecule has 1 heterocycles. The number of allylic oxidation sites excluding steroid dienone is 1. The first-order valence-electron chi connectivity index (χ1n) is 6.25. The summed E-state index contributed by atoms with van der Waals surface area (Å²) in [4.78, 5) is 0. The van der Waals surface area contributed by atoms with Crippen molar-refractivity contribution >= 4 is 0 Å². The summed E-state index contributed by atoms with van der Waals surface area (Å²) >= 11 is 0. The summed E-state index contributed by atoms with van der Waals surface area (Å²) < 4.78 is 11.5. The third kappa shape index (κ3) is 1.80. The van der Waals surface area contributed by atoms with Gasteiger partial charge in [0.1, 0.15) is 12.4 Å². The molecular weight excluding hydrogens is 188 g/mol. The first kappa shape index (κ1) is 9.71. The molecule has 1 saturated carbocycles. The first-order valence-corrected chi connectivity index (χ1v) is 6.25. The normalized spacial score (nSPS) is 40.5. The van der Waals surface area contributed by atoms with Gasteiger partial charge in [-0.1, -0.05) is 6.92 Å². The number of hydrogen-bond donors (Lipinski definition) is 0. The van der Waals surface area contributed by atoms with Crippen LogP contribution in [0.1, 0.15) is 32.6 Å². The van der Waals surface area contributed by atoms with Crippen molar-refractivity contribution in [3.05, 3.63) is 11.3 Å². The minimum atomic E-state index is 0.578. The lowest BCUT2D eigenvalue weighted by molar-refractivity contribution is 0.107. The molecule has 0 spiro atoms. The fraction of sp³-hybridized carbons (Fsp3) is 0.846. The van der Waals surface area contributed by atoms with Crippen LogP contribution in [0.4, 0.5) is 0 Å². The smallest absolute Gasteiger partial charge is 0.111 e. The molecule has 3 unspecified atom stereocenters. The Morgan fingerprint density at radius 2 is 2.07 bits per heavy atom. The molecule has 0 aromatic carbocycles. The topological polar surface area (TPSA) is 18.5 Å². The van der Waals surface area contributed by atoms with Crippen LogP contribution in [0.15, 0.2) is 11.3 Å². The summed E-state index contributed by atoms with van der Waals surface area (Å²) in [7, 11) is 0. The van der Waals surface area contributed by atoms with E-state index in [2.05, 4.69) is 6.92 Å². The predicted octanol–water partition coefficient (Wildman–Crippen LogP) is 2.74. The molecule has 0 amide bonds. The highest BCUT2D eigenvalue weighted by Crippen LogP contribution is 2.45. The van der Waals surface area contributed by atoms with Crippen LogP contribution in [0.5, 0.6) is 0 Å². The fourth-order valence-corrected chi connectivity index (χ4v) is 3.57. The Morgan fingerprint density at radius 3 is 3.00 bits per heavy atom. The molecule has 2 heteroatoms. The highest BCUT2D eigenvalue weighted by Gasteiger charge is 2.35. The van der Waals surface area contributed by atoms with E-state index in [1.807, 2.05) is 0 Å². The Bertz CT molecular complexity index is 282. The molecule has 2 fully saturated rings. The molecule has 2 bridgehead atoms. The number of rotatable bonds is 0. The van der Waals surface area contributed by atoms with Crippen molar-refractivity contribution in [2.75, 3.05) is 19.8 Å². The van der Waals surface area contributed by atoms with Crippen LogP contribution in [0, 0.1) is 17.8 Å². The average Bonchev–Trinajstić information content (AvgIpc) is 2.42. The minimum Gasteiger partial charge on any atom is -0.495 e. The molecule has 2 nitrogen and oxygen atoms in total. The molecule has 3 atom stereocenters. The van der Waals surface area contributed by atoms with E-state index in [9.17, 15) is 0 Å². The van der Waals surface area contributed by atoms with Crippen molar-refractivity contribution in [2.24, 2.45) is 17.8 Å². The zero-order chi connectivity index (χ0) is 10.3. The molecule has 0 aromatic rings. The second-order valence-corrected chi connectivity index (χ2v) is 5.44. The third-order valence-corrected chi connectivity index (χ3v) is 4.01. The second kappa shape index (κ2) is 3.82. The van der Waals surface area contributed by atoms with Crippen LogP contribution in [0.3, 0.4) is 0 Å². The van der Waals surface area contributed by atoms with Gasteiger partial charge in [0.25, 0.3) is 0 Å². The Morgan fingerprint density at radius 1 is 1.13 bits per heavy atom. The van der Waals surface area contributed by atoms with Crippen molar-refractivity contribution < 1.29 is 9.47 Å². The molecule has 84 valence electrons. The zero-order valence-corrected chi connectivity index (χ0v) is 9.50. The summed E-state index contributed by atoms with van der Waals surface area (Å²) in [5, 5.41) is 0. The zero-order valence-electron chi connectivity index (χ0n) is 9.50. The molecule has 15 heavy (non-hydrogen) atoms. The van der Waals surface area contributed by atoms with Gasteiger partial charge in [0.15, 0.2) is 0 Å². The van der Waals surface area contributed by atoms with Crippen molar-refractivity contribution in [1.82, 2.24) is 0 Å². The van der Waals surface area contributed by atoms with Gasteiger partial charge in [-0.25, -0.2) is 0 Å². The van der Waals surface area contributed by atoms with Gasteiger partial charge in [0, 0.05) is 5.92 Å². The van der Waals surface area contributed by atoms with Gasteiger partial charge < -0.3 is 9.47 Å². The molecule has 0 N–H and O–H groups in total. The van der Waals surface area contributed by atoms with E-state index >= 15 is 0 Å². The van der Waals surface area contributed by atoms with Crippen molar-refractivity contribution in [3.8, 4) is 0 Å². The average molecular weight is 208 g/mol. The summed E-state index contributed by atoms with van der Waals surface area (Å²) in [6, 6.07) is 0. The van der Waals surface area contributed by atoms with E-state index in [0.29, 0.717) is 5.92 Å². The summed E-state index contributed by atoms with van der Waals surface area (Å²) in [5.74, 6) is 3.66. The quantitative estimate of drug-likeness (QED) is 0.609. The monoisotopic (exact) mass is 208 g/mol. The lowest BCUT2D eigenvalue weighted by Gasteiger charge is -2.38. The first-order chi connectivity index (χ1) is 7.33. The van der Waals surface area contributed by atoms with E-state index in [4.69, 9.17) is 9.47 Å².